The Kier molecular flexibility index (Phi) is 7.62. The topological polar surface area (TPSA) is 46.5 Å². The first-order valence-electron chi connectivity index (χ1n) is 12.9. The number of rotatable bonds is 10. The van der Waals surface area contributed by atoms with E-state index in [9.17, 15) is 9.90 Å². The Hall–Kier alpha value is -1.70. The number of aliphatic hydroxyl groups is 1. The number of halogens is 1. The van der Waals surface area contributed by atoms with Gasteiger partial charge in [0.15, 0.2) is 0 Å². The van der Waals surface area contributed by atoms with Gasteiger partial charge in [-0.2, -0.15) is 0 Å². The van der Waals surface area contributed by atoms with Crippen LogP contribution in [0.3, 0.4) is 0 Å². The molecule has 2 heterocycles. The summed E-state index contributed by atoms with van der Waals surface area (Å²) in [5.74, 6) is 0.204. The molecule has 1 N–H and O–H groups in total. The number of hydrogen-bond acceptors (Lipinski definition) is 5. The van der Waals surface area contributed by atoms with Crippen molar-refractivity contribution in [2.75, 3.05) is 20.6 Å². The Morgan fingerprint density at radius 2 is 1.72 bits per heavy atom. The average molecular weight is 545 g/mol. The van der Waals surface area contributed by atoms with E-state index in [0.29, 0.717) is 27.6 Å². The third-order valence-electron chi connectivity index (χ3n) is 8.35. The highest BCUT2D eigenvalue weighted by molar-refractivity contribution is 7.12. The Bertz CT molecular complexity index is 1110. The molecule has 1 aromatic carbocycles. The van der Waals surface area contributed by atoms with Crippen molar-refractivity contribution in [2.24, 2.45) is 11.8 Å². The number of esters is 1. The second-order valence-corrected chi connectivity index (χ2v) is 13.3. The molecule has 2 fully saturated rings. The summed E-state index contributed by atoms with van der Waals surface area (Å²) in [5.41, 5.74) is -0.396. The maximum Gasteiger partial charge on any atom is 0.349 e. The average Bonchev–Trinajstić information content (AvgIpc) is 3.68. The number of carbonyl (C=O) groups excluding carboxylic acids is 1. The molecule has 2 aromatic heterocycles. The number of thiophene rings is 2. The number of hydrogen-bond donors (Lipinski definition) is 1. The van der Waals surface area contributed by atoms with Crippen LogP contribution in [0.2, 0.25) is 5.02 Å². The molecule has 36 heavy (non-hydrogen) atoms. The summed E-state index contributed by atoms with van der Waals surface area (Å²) in [6.45, 7) is 1.11. The minimum absolute atomic E-state index is 0.111. The second-order valence-electron chi connectivity index (χ2n) is 10.9. The van der Waals surface area contributed by atoms with Crippen molar-refractivity contribution in [3.63, 3.8) is 0 Å². The molecular formula is C29H35ClNO3S2+. The molecule has 2 aliphatic rings. The normalized spacial score (nSPS) is 23.8. The number of quaternary nitrogens is 1. The Morgan fingerprint density at radius 1 is 1.06 bits per heavy atom. The third-order valence-corrected chi connectivity index (χ3v) is 10.6. The van der Waals surface area contributed by atoms with Gasteiger partial charge in [0.1, 0.15) is 6.10 Å². The number of aryl methyl sites for hydroxylation is 1. The summed E-state index contributed by atoms with van der Waals surface area (Å²) >= 11 is 8.80. The van der Waals surface area contributed by atoms with Crippen molar-refractivity contribution in [3.8, 4) is 0 Å². The van der Waals surface area contributed by atoms with E-state index in [0.717, 1.165) is 54.6 Å². The van der Waals surface area contributed by atoms with Gasteiger partial charge in [-0.1, -0.05) is 35.9 Å². The second kappa shape index (κ2) is 10.6. The van der Waals surface area contributed by atoms with Crippen LogP contribution < -0.4 is 0 Å². The molecule has 0 saturated heterocycles. The first-order valence-corrected chi connectivity index (χ1v) is 15.0. The van der Waals surface area contributed by atoms with Gasteiger partial charge in [-0.3, -0.25) is 0 Å². The highest BCUT2D eigenvalue weighted by atomic mass is 35.5. The molecule has 2 aliphatic carbocycles. The van der Waals surface area contributed by atoms with Crippen molar-refractivity contribution >= 4 is 40.2 Å². The lowest BCUT2D eigenvalue weighted by molar-refractivity contribution is -0.918. The van der Waals surface area contributed by atoms with Crippen LogP contribution >= 0.6 is 34.3 Å². The molecule has 192 valence electrons. The van der Waals surface area contributed by atoms with Gasteiger partial charge in [0.2, 0.25) is 5.60 Å². The van der Waals surface area contributed by atoms with E-state index in [2.05, 4.69) is 26.2 Å². The lowest BCUT2D eigenvalue weighted by Crippen LogP contribution is -2.52. The Labute approximate surface area is 227 Å². The fourth-order valence-electron chi connectivity index (χ4n) is 6.39. The lowest BCUT2D eigenvalue weighted by atomic mass is 9.92. The molecule has 2 bridgehead atoms. The number of unbranched alkanes of at least 4 members (excludes halogenated alkanes) is 1. The number of fused-ring (bicyclic) bond motifs is 2. The SMILES string of the molecule is C[N+](C)(CCCCc1ccc(Cl)cc1)[C@H]1CC2CCC1C2OC(=O)C(O)(c1cccs1)c1cccs1. The highest BCUT2D eigenvalue weighted by Crippen LogP contribution is 2.51. The van der Waals surface area contributed by atoms with Crippen LogP contribution in [0, 0.1) is 11.8 Å². The molecular weight excluding hydrogens is 510 g/mol. The van der Waals surface area contributed by atoms with Crippen molar-refractivity contribution < 1.29 is 19.1 Å². The quantitative estimate of drug-likeness (QED) is 0.180. The van der Waals surface area contributed by atoms with Gasteiger partial charge in [0, 0.05) is 23.3 Å². The minimum atomic E-state index is -1.73. The van der Waals surface area contributed by atoms with Crippen LogP contribution in [0.4, 0.5) is 0 Å². The van der Waals surface area contributed by atoms with Crippen LogP contribution in [0.25, 0.3) is 0 Å². The van der Waals surface area contributed by atoms with Crippen LogP contribution in [0.5, 0.6) is 0 Å². The van der Waals surface area contributed by atoms with Crippen LogP contribution in [0.15, 0.2) is 59.3 Å². The van der Waals surface area contributed by atoms with Crippen molar-refractivity contribution in [1.29, 1.82) is 0 Å². The van der Waals surface area contributed by atoms with Crippen LogP contribution in [-0.4, -0.2) is 48.3 Å². The number of nitrogens with zero attached hydrogens (tertiary/aromatic N) is 1. The summed E-state index contributed by atoms with van der Waals surface area (Å²) in [5, 5.41) is 16.2. The Balaban J connectivity index is 1.22. The molecule has 0 amide bonds. The standard InChI is InChI=1S/C29H35ClNO3S2/c1-31(2,16-4-3-7-20-10-13-22(30)14-11-20)24-19-21-12-15-23(24)27(21)34-28(32)29(33,25-8-5-17-35-25)26-9-6-18-36-26/h5-6,8-11,13-14,17-18,21,23-24,27,33H,3-4,7,12,15-16,19H2,1-2H3/q+1/t21?,23?,24-,27?/m0/s1. The predicted octanol–water partition coefficient (Wildman–Crippen LogP) is 6.51. The molecule has 0 radical (unpaired) electrons. The Morgan fingerprint density at radius 3 is 2.33 bits per heavy atom. The van der Waals surface area contributed by atoms with Crippen molar-refractivity contribution in [1.82, 2.24) is 0 Å². The molecule has 4 atom stereocenters. The van der Waals surface area contributed by atoms with Gasteiger partial charge in [0.05, 0.1) is 36.4 Å². The zero-order valence-electron chi connectivity index (χ0n) is 20.9. The van der Waals surface area contributed by atoms with E-state index >= 15 is 0 Å². The first kappa shape index (κ1) is 25.9. The highest BCUT2D eigenvalue weighted by Gasteiger charge is 2.57. The smallest absolute Gasteiger partial charge is 0.349 e. The molecule has 3 unspecified atom stereocenters. The monoisotopic (exact) mass is 544 g/mol. The van der Waals surface area contributed by atoms with Gasteiger partial charge in [-0.15, -0.1) is 22.7 Å². The van der Waals surface area contributed by atoms with E-state index in [1.165, 1.54) is 28.2 Å². The summed E-state index contributed by atoms with van der Waals surface area (Å²) < 4.78 is 7.19. The fourth-order valence-corrected chi connectivity index (χ4v) is 8.23. The van der Waals surface area contributed by atoms with Gasteiger partial charge < -0.3 is 14.3 Å². The molecule has 0 aliphatic heterocycles. The molecule has 3 aromatic rings. The van der Waals surface area contributed by atoms with E-state index in [-0.39, 0.29) is 6.10 Å². The van der Waals surface area contributed by atoms with E-state index in [4.69, 9.17) is 16.3 Å². The maximum atomic E-state index is 13.6. The molecule has 5 rings (SSSR count). The largest absolute Gasteiger partial charge is 0.459 e. The molecule has 2 saturated carbocycles. The van der Waals surface area contributed by atoms with Crippen molar-refractivity contribution in [2.45, 2.75) is 56.3 Å². The summed E-state index contributed by atoms with van der Waals surface area (Å²) in [6.07, 6.45) is 6.55. The fraction of sp³-hybridized carbons (Fsp3) is 0.483. The van der Waals surface area contributed by atoms with E-state index in [1.807, 2.05) is 47.2 Å². The first-order chi connectivity index (χ1) is 17.3. The third kappa shape index (κ3) is 5.03. The summed E-state index contributed by atoms with van der Waals surface area (Å²) in [4.78, 5) is 14.8. The number of ether oxygens (including phenoxy) is 1. The van der Waals surface area contributed by atoms with Gasteiger partial charge in [0.25, 0.3) is 0 Å². The number of benzene rings is 1. The minimum Gasteiger partial charge on any atom is -0.459 e. The van der Waals surface area contributed by atoms with Gasteiger partial charge >= 0.3 is 5.97 Å². The van der Waals surface area contributed by atoms with Crippen molar-refractivity contribution in [3.05, 3.63) is 79.6 Å². The molecule has 7 heteroatoms. The summed E-state index contributed by atoms with van der Waals surface area (Å²) in [7, 11) is 4.67. The zero-order chi connectivity index (χ0) is 25.3. The number of carbonyl (C=O) groups is 1. The van der Waals surface area contributed by atoms with Crippen LogP contribution in [0.1, 0.15) is 47.4 Å². The lowest BCUT2D eigenvalue weighted by Gasteiger charge is -2.40. The predicted molar refractivity (Wildman–Crippen MR) is 148 cm³/mol. The van der Waals surface area contributed by atoms with E-state index in [1.54, 1.807) is 0 Å². The van der Waals surface area contributed by atoms with E-state index < -0.39 is 11.6 Å². The zero-order valence-corrected chi connectivity index (χ0v) is 23.3. The van der Waals surface area contributed by atoms with Crippen LogP contribution in [-0.2, 0) is 21.6 Å². The maximum absolute atomic E-state index is 13.6. The molecule has 0 spiro atoms. The van der Waals surface area contributed by atoms with Gasteiger partial charge in [-0.05, 0) is 72.7 Å². The van der Waals surface area contributed by atoms with Gasteiger partial charge in [-0.25, -0.2) is 4.79 Å². The molecule has 4 nitrogen and oxygen atoms in total. The summed E-state index contributed by atoms with van der Waals surface area (Å²) in [6, 6.07) is 16.0.